The van der Waals surface area contributed by atoms with Crippen molar-refractivity contribution >= 4 is 5.91 Å². The minimum atomic E-state index is -0.432. The standard InChI is InChI=1S/C13H16N4O3/c1-19-10-5-3-2-4-9(10)6-12-16-13(20-17-12)8-15-7-11(14)18/h2-5,15H,6-8H2,1H3,(H2,14,18). The fourth-order valence-corrected chi connectivity index (χ4v) is 1.75. The summed E-state index contributed by atoms with van der Waals surface area (Å²) in [6, 6.07) is 7.65. The van der Waals surface area contributed by atoms with Crippen LogP contribution in [0.15, 0.2) is 28.8 Å². The molecule has 1 heterocycles. The number of nitrogens with zero attached hydrogens (tertiary/aromatic N) is 2. The lowest BCUT2D eigenvalue weighted by Crippen LogP contribution is -2.28. The van der Waals surface area contributed by atoms with E-state index >= 15 is 0 Å². The summed E-state index contributed by atoms with van der Waals surface area (Å²) in [5, 5.41) is 6.69. The number of nitrogens with one attached hydrogen (secondary N) is 1. The molecular formula is C13H16N4O3. The van der Waals surface area contributed by atoms with E-state index in [0.29, 0.717) is 24.7 Å². The van der Waals surface area contributed by atoms with Crippen LogP contribution in [0.2, 0.25) is 0 Å². The van der Waals surface area contributed by atoms with Crippen molar-refractivity contribution in [2.45, 2.75) is 13.0 Å². The number of carbonyl (C=O) groups excluding carboxylic acids is 1. The van der Waals surface area contributed by atoms with Crippen LogP contribution < -0.4 is 15.8 Å². The highest BCUT2D eigenvalue weighted by Gasteiger charge is 2.10. The predicted molar refractivity (Wildman–Crippen MR) is 71.0 cm³/mol. The normalized spacial score (nSPS) is 10.4. The first kappa shape index (κ1) is 14.0. The number of aromatic nitrogens is 2. The van der Waals surface area contributed by atoms with Gasteiger partial charge < -0.3 is 15.0 Å². The minimum absolute atomic E-state index is 0.0736. The van der Waals surface area contributed by atoms with Gasteiger partial charge in [-0.25, -0.2) is 0 Å². The highest BCUT2D eigenvalue weighted by Crippen LogP contribution is 2.19. The van der Waals surface area contributed by atoms with Crippen molar-refractivity contribution in [2.75, 3.05) is 13.7 Å². The van der Waals surface area contributed by atoms with E-state index in [-0.39, 0.29) is 6.54 Å². The zero-order valence-electron chi connectivity index (χ0n) is 11.1. The number of ether oxygens (including phenoxy) is 1. The summed E-state index contributed by atoms with van der Waals surface area (Å²) in [5.74, 6) is 1.32. The van der Waals surface area contributed by atoms with Crippen molar-refractivity contribution in [1.29, 1.82) is 0 Å². The minimum Gasteiger partial charge on any atom is -0.496 e. The van der Waals surface area contributed by atoms with Crippen LogP contribution in [0.5, 0.6) is 5.75 Å². The smallest absolute Gasteiger partial charge is 0.240 e. The van der Waals surface area contributed by atoms with Gasteiger partial charge in [0.15, 0.2) is 5.82 Å². The Bertz CT molecular complexity index is 583. The van der Waals surface area contributed by atoms with E-state index in [1.54, 1.807) is 7.11 Å². The van der Waals surface area contributed by atoms with E-state index in [4.69, 9.17) is 15.0 Å². The number of hydrogen-bond donors (Lipinski definition) is 2. The van der Waals surface area contributed by atoms with Gasteiger partial charge in [0.05, 0.1) is 20.2 Å². The van der Waals surface area contributed by atoms with Crippen molar-refractivity contribution in [1.82, 2.24) is 15.5 Å². The third-order valence-electron chi connectivity index (χ3n) is 2.63. The number of primary amides is 1. The van der Waals surface area contributed by atoms with Crippen LogP contribution in [0, 0.1) is 0 Å². The number of amides is 1. The molecule has 0 aliphatic rings. The number of benzene rings is 1. The molecular weight excluding hydrogens is 260 g/mol. The van der Waals surface area contributed by atoms with Gasteiger partial charge in [-0.3, -0.25) is 10.1 Å². The van der Waals surface area contributed by atoms with Crippen LogP contribution in [-0.4, -0.2) is 29.7 Å². The van der Waals surface area contributed by atoms with Crippen LogP contribution in [-0.2, 0) is 17.8 Å². The SMILES string of the molecule is COc1ccccc1Cc1noc(CNCC(N)=O)n1. The molecule has 1 amide bonds. The molecule has 0 fully saturated rings. The van der Waals surface area contributed by atoms with Gasteiger partial charge in [-0.15, -0.1) is 0 Å². The lowest BCUT2D eigenvalue weighted by Gasteiger charge is -2.05. The second kappa shape index (κ2) is 6.67. The first-order valence-corrected chi connectivity index (χ1v) is 6.11. The van der Waals surface area contributed by atoms with E-state index in [0.717, 1.165) is 11.3 Å². The molecule has 0 unspecified atom stereocenters. The molecule has 0 aliphatic carbocycles. The molecule has 7 heteroatoms. The van der Waals surface area contributed by atoms with Crippen molar-refractivity contribution in [3.63, 3.8) is 0 Å². The molecule has 20 heavy (non-hydrogen) atoms. The Morgan fingerprint density at radius 3 is 3.00 bits per heavy atom. The van der Waals surface area contributed by atoms with E-state index in [1.165, 1.54) is 0 Å². The zero-order valence-corrected chi connectivity index (χ0v) is 11.1. The van der Waals surface area contributed by atoms with Gasteiger partial charge in [-0.1, -0.05) is 23.4 Å². The summed E-state index contributed by atoms with van der Waals surface area (Å²) in [5.41, 5.74) is 5.99. The summed E-state index contributed by atoms with van der Waals surface area (Å²) >= 11 is 0. The van der Waals surface area contributed by atoms with Crippen LogP contribution in [0.3, 0.4) is 0 Å². The monoisotopic (exact) mass is 276 g/mol. The van der Waals surface area contributed by atoms with Crippen molar-refractivity contribution in [2.24, 2.45) is 5.73 Å². The second-order valence-electron chi connectivity index (χ2n) is 4.16. The lowest BCUT2D eigenvalue weighted by molar-refractivity contribution is -0.117. The summed E-state index contributed by atoms with van der Waals surface area (Å²) in [4.78, 5) is 14.8. The van der Waals surface area contributed by atoms with Crippen molar-refractivity contribution in [3.8, 4) is 5.75 Å². The molecule has 3 N–H and O–H groups in total. The van der Waals surface area contributed by atoms with Crippen molar-refractivity contribution in [3.05, 3.63) is 41.5 Å². The number of para-hydroxylation sites is 1. The molecule has 2 aromatic rings. The Morgan fingerprint density at radius 1 is 1.45 bits per heavy atom. The molecule has 0 spiro atoms. The fourth-order valence-electron chi connectivity index (χ4n) is 1.75. The Morgan fingerprint density at radius 2 is 2.25 bits per heavy atom. The Hall–Kier alpha value is -2.41. The van der Waals surface area contributed by atoms with Gasteiger partial charge in [-0.05, 0) is 6.07 Å². The maximum atomic E-state index is 10.6. The Balaban J connectivity index is 1.97. The van der Waals surface area contributed by atoms with Gasteiger partial charge >= 0.3 is 0 Å². The van der Waals surface area contributed by atoms with E-state index in [9.17, 15) is 4.79 Å². The van der Waals surface area contributed by atoms with Crippen LogP contribution in [0.1, 0.15) is 17.3 Å². The number of nitrogens with two attached hydrogens (primary N) is 1. The highest BCUT2D eigenvalue weighted by molar-refractivity contribution is 5.75. The second-order valence-corrected chi connectivity index (χ2v) is 4.16. The summed E-state index contributed by atoms with van der Waals surface area (Å²) < 4.78 is 10.3. The number of hydrogen-bond acceptors (Lipinski definition) is 6. The molecule has 2 rings (SSSR count). The van der Waals surface area contributed by atoms with E-state index in [1.807, 2.05) is 24.3 Å². The average Bonchev–Trinajstić information content (AvgIpc) is 2.86. The molecule has 0 saturated heterocycles. The van der Waals surface area contributed by atoms with Gasteiger partial charge in [0.1, 0.15) is 5.75 Å². The maximum Gasteiger partial charge on any atom is 0.240 e. The fraction of sp³-hybridized carbons (Fsp3) is 0.308. The molecule has 1 aromatic carbocycles. The van der Waals surface area contributed by atoms with Crippen molar-refractivity contribution < 1.29 is 14.1 Å². The molecule has 0 radical (unpaired) electrons. The van der Waals surface area contributed by atoms with Gasteiger partial charge in [-0.2, -0.15) is 4.98 Å². The molecule has 106 valence electrons. The number of carbonyl (C=O) groups is 1. The quantitative estimate of drug-likeness (QED) is 0.751. The van der Waals surface area contributed by atoms with Crippen LogP contribution in [0.4, 0.5) is 0 Å². The summed E-state index contributed by atoms with van der Waals surface area (Å²) in [6.45, 7) is 0.381. The number of rotatable bonds is 7. The van der Waals surface area contributed by atoms with Crippen LogP contribution >= 0.6 is 0 Å². The molecule has 0 aliphatic heterocycles. The van der Waals surface area contributed by atoms with Gasteiger partial charge in [0.2, 0.25) is 11.8 Å². The number of methoxy groups -OCH3 is 1. The van der Waals surface area contributed by atoms with E-state index < -0.39 is 5.91 Å². The largest absolute Gasteiger partial charge is 0.496 e. The highest BCUT2D eigenvalue weighted by atomic mass is 16.5. The predicted octanol–water partition coefficient (Wildman–Crippen LogP) is 0.244. The molecule has 7 nitrogen and oxygen atoms in total. The van der Waals surface area contributed by atoms with Gasteiger partial charge in [0, 0.05) is 12.0 Å². The molecule has 0 saturated carbocycles. The Labute approximate surface area is 116 Å². The first-order chi connectivity index (χ1) is 9.69. The third kappa shape index (κ3) is 3.79. The summed E-state index contributed by atoms with van der Waals surface area (Å²) in [6.07, 6.45) is 0.517. The molecule has 1 aromatic heterocycles. The van der Waals surface area contributed by atoms with Crippen LogP contribution in [0.25, 0.3) is 0 Å². The first-order valence-electron chi connectivity index (χ1n) is 6.11. The van der Waals surface area contributed by atoms with Gasteiger partial charge in [0.25, 0.3) is 0 Å². The third-order valence-corrected chi connectivity index (χ3v) is 2.63. The summed E-state index contributed by atoms with van der Waals surface area (Å²) in [7, 11) is 1.62. The topological polar surface area (TPSA) is 103 Å². The zero-order chi connectivity index (χ0) is 14.4. The average molecular weight is 276 g/mol. The molecule has 0 atom stereocenters. The Kier molecular flexibility index (Phi) is 4.67. The molecule has 0 bridgehead atoms. The lowest BCUT2D eigenvalue weighted by atomic mass is 10.1. The van der Waals surface area contributed by atoms with E-state index in [2.05, 4.69) is 15.5 Å². The maximum absolute atomic E-state index is 10.6.